The third kappa shape index (κ3) is 4.73. The molecule has 1 aromatic carbocycles. The summed E-state index contributed by atoms with van der Waals surface area (Å²) in [6.45, 7) is 0. The van der Waals surface area contributed by atoms with E-state index in [0.29, 0.717) is 11.3 Å². The topological polar surface area (TPSA) is 66.9 Å². The average molecular weight is 393 g/mol. The quantitative estimate of drug-likeness (QED) is 0.644. The van der Waals surface area contributed by atoms with Gasteiger partial charge in [0, 0.05) is 17.4 Å². The normalized spacial score (nSPS) is 11.1. The van der Waals surface area contributed by atoms with E-state index >= 15 is 0 Å². The minimum Gasteiger partial charge on any atom is -0.340 e. The summed E-state index contributed by atoms with van der Waals surface area (Å²) < 4.78 is 39.4. The van der Waals surface area contributed by atoms with Crippen LogP contribution in [0.3, 0.4) is 0 Å². The number of carbonyl (C=O) groups excluding carboxylic acids is 1. The molecule has 9 heteroatoms. The van der Waals surface area contributed by atoms with Crippen LogP contribution < -0.4 is 10.6 Å². The van der Waals surface area contributed by atoms with E-state index in [4.69, 9.17) is 11.6 Å². The van der Waals surface area contributed by atoms with Crippen molar-refractivity contribution in [2.45, 2.75) is 6.18 Å². The number of benzene rings is 1. The second kappa shape index (κ2) is 7.63. The Hall–Kier alpha value is -3.13. The molecule has 2 N–H and O–H groups in total. The molecule has 3 rings (SSSR count). The maximum Gasteiger partial charge on any atom is 0.418 e. The third-order valence-corrected chi connectivity index (χ3v) is 3.73. The van der Waals surface area contributed by atoms with Crippen LogP contribution in [0.15, 0.2) is 61.1 Å². The summed E-state index contributed by atoms with van der Waals surface area (Å²) in [5.41, 5.74) is -0.311. The van der Waals surface area contributed by atoms with Crippen LogP contribution >= 0.6 is 11.6 Å². The number of amides is 1. The Balaban J connectivity index is 1.74. The highest BCUT2D eigenvalue weighted by molar-refractivity contribution is 6.30. The van der Waals surface area contributed by atoms with Gasteiger partial charge < -0.3 is 10.6 Å². The minimum absolute atomic E-state index is 0.0192. The van der Waals surface area contributed by atoms with Crippen molar-refractivity contribution in [1.29, 1.82) is 0 Å². The van der Waals surface area contributed by atoms with E-state index in [1.807, 2.05) is 0 Å². The maximum atomic E-state index is 13.1. The molecule has 0 atom stereocenters. The monoisotopic (exact) mass is 392 g/mol. The first-order chi connectivity index (χ1) is 12.8. The number of aromatic nitrogens is 2. The number of carbonyl (C=O) groups is 1. The lowest BCUT2D eigenvalue weighted by atomic mass is 10.1. The van der Waals surface area contributed by atoms with Crippen molar-refractivity contribution in [1.82, 2.24) is 9.97 Å². The zero-order valence-electron chi connectivity index (χ0n) is 13.6. The summed E-state index contributed by atoms with van der Waals surface area (Å²) in [6, 6.07) is 9.62. The van der Waals surface area contributed by atoms with E-state index in [1.165, 1.54) is 36.7 Å². The highest BCUT2D eigenvalue weighted by Crippen LogP contribution is 2.37. The Labute approximate surface area is 157 Å². The van der Waals surface area contributed by atoms with Crippen molar-refractivity contribution in [2.24, 2.45) is 0 Å². The second-order valence-corrected chi connectivity index (χ2v) is 5.88. The number of nitrogens with zero attached hydrogens (tertiary/aromatic N) is 2. The van der Waals surface area contributed by atoms with Gasteiger partial charge in [0.15, 0.2) is 0 Å². The van der Waals surface area contributed by atoms with Crippen LogP contribution in [0.4, 0.5) is 30.4 Å². The SMILES string of the molecule is O=C(Nc1ccc(Nc2ccc(Cl)cc2C(F)(F)F)nc1)c1cccnc1. The van der Waals surface area contributed by atoms with Gasteiger partial charge in [-0.15, -0.1) is 0 Å². The Morgan fingerprint density at radius 1 is 1.07 bits per heavy atom. The molecule has 0 saturated heterocycles. The fourth-order valence-corrected chi connectivity index (χ4v) is 2.41. The molecule has 0 aliphatic rings. The number of pyridine rings is 2. The number of rotatable bonds is 4. The number of nitrogens with one attached hydrogen (secondary N) is 2. The zero-order chi connectivity index (χ0) is 19.4. The first-order valence-corrected chi connectivity index (χ1v) is 8.02. The molecule has 1 amide bonds. The van der Waals surface area contributed by atoms with Gasteiger partial charge in [-0.1, -0.05) is 11.6 Å². The van der Waals surface area contributed by atoms with Gasteiger partial charge in [-0.2, -0.15) is 13.2 Å². The van der Waals surface area contributed by atoms with Gasteiger partial charge in [-0.25, -0.2) is 4.98 Å². The average Bonchev–Trinajstić information content (AvgIpc) is 2.64. The molecule has 0 fully saturated rings. The molecule has 138 valence electrons. The smallest absolute Gasteiger partial charge is 0.340 e. The lowest BCUT2D eigenvalue weighted by Gasteiger charge is -2.14. The van der Waals surface area contributed by atoms with Crippen LogP contribution in [0.5, 0.6) is 0 Å². The van der Waals surface area contributed by atoms with Gasteiger partial charge in [-0.3, -0.25) is 9.78 Å². The second-order valence-electron chi connectivity index (χ2n) is 5.44. The van der Waals surface area contributed by atoms with Crippen LogP contribution in [0.25, 0.3) is 0 Å². The van der Waals surface area contributed by atoms with Gasteiger partial charge in [-0.05, 0) is 42.5 Å². The molecule has 0 spiro atoms. The molecule has 0 aliphatic heterocycles. The van der Waals surface area contributed by atoms with Gasteiger partial charge in [0.2, 0.25) is 0 Å². The minimum atomic E-state index is -4.56. The van der Waals surface area contributed by atoms with Gasteiger partial charge in [0.05, 0.1) is 28.7 Å². The van der Waals surface area contributed by atoms with Crippen molar-refractivity contribution >= 4 is 34.7 Å². The number of alkyl halides is 3. The maximum absolute atomic E-state index is 13.1. The largest absolute Gasteiger partial charge is 0.418 e. The van der Waals surface area contributed by atoms with Crippen LogP contribution in [0.1, 0.15) is 15.9 Å². The molecule has 0 radical (unpaired) electrons. The Morgan fingerprint density at radius 2 is 1.89 bits per heavy atom. The Morgan fingerprint density at radius 3 is 2.52 bits per heavy atom. The van der Waals surface area contributed by atoms with E-state index < -0.39 is 11.7 Å². The summed E-state index contributed by atoms with van der Waals surface area (Å²) in [7, 11) is 0. The summed E-state index contributed by atoms with van der Waals surface area (Å²) >= 11 is 5.66. The first-order valence-electron chi connectivity index (χ1n) is 7.64. The van der Waals surface area contributed by atoms with Crippen molar-refractivity contribution in [3.63, 3.8) is 0 Å². The number of hydrogen-bond acceptors (Lipinski definition) is 4. The van der Waals surface area contributed by atoms with Crippen LogP contribution in [-0.4, -0.2) is 15.9 Å². The molecule has 0 unspecified atom stereocenters. The summed E-state index contributed by atoms with van der Waals surface area (Å²) in [4.78, 5) is 19.9. The third-order valence-electron chi connectivity index (χ3n) is 3.49. The van der Waals surface area contributed by atoms with E-state index in [9.17, 15) is 18.0 Å². The lowest BCUT2D eigenvalue weighted by molar-refractivity contribution is -0.136. The number of hydrogen-bond donors (Lipinski definition) is 2. The molecule has 2 heterocycles. The highest BCUT2D eigenvalue weighted by atomic mass is 35.5. The standard InChI is InChI=1S/C18H12ClF3N4O/c19-12-3-5-15(14(8-12)18(20,21)22)26-16-6-4-13(10-24-16)25-17(27)11-2-1-7-23-9-11/h1-10H,(H,24,26)(H,25,27). The van der Waals surface area contributed by atoms with E-state index in [-0.39, 0.29) is 22.4 Å². The summed E-state index contributed by atoms with van der Waals surface area (Å²) in [6.07, 6.45) is -0.271. The van der Waals surface area contributed by atoms with Crippen LogP contribution in [0, 0.1) is 0 Å². The van der Waals surface area contributed by atoms with E-state index in [2.05, 4.69) is 20.6 Å². The predicted molar refractivity (Wildman–Crippen MR) is 96.2 cm³/mol. The van der Waals surface area contributed by atoms with Crippen molar-refractivity contribution in [3.8, 4) is 0 Å². The highest BCUT2D eigenvalue weighted by Gasteiger charge is 2.33. The Kier molecular flexibility index (Phi) is 5.27. The lowest BCUT2D eigenvalue weighted by Crippen LogP contribution is -2.12. The molecule has 0 saturated carbocycles. The molecular weight excluding hydrogens is 381 g/mol. The fraction of sp³-hybridized carbons (Fsp3) is 0.0556. The molecule has 3 aromatic rings. The van der Waals surface area contributed by atoms with Crippen LogP contribution in [-0.2, 0) is 6.18 Å². The van der Waals surface area contributed by atoms with Crippen molar-refractivity contribution in [3.05, 3.63) is 77.2 Å². The predicted octanol–water partition coefficient (Wildman–Crippen LogP) is 5.14. The Bertz CT molecular complexity index is 947. The molecule has 0 bridgehead atoms. The van der Waals surface area contributed by atoms with Gasteiger partial charge in [0.25, 0.3) is 5.91 Å². The van der Waals surface area contributed by atoms with Crippen LogP contribution in [0.2, 0.25) is 5.02 Å². The fourth-order valence-electron chi connectivity index (χ4n) is 2.24. The number of anilines is 3. The number of halogens is 4. The van der Waals surface area contributed by atoms with Gasteiger partial charge >= 0.3 is 6.18 Å². The molecular formula is C18H12ClF3N4O. The summed E-state index contributed by atoms with van der Waals surface area (Å²) in [5.74, 6) is -0.190. The molecule has 5 nitrogen and oxygen atoms in total. The molecule has 0 aliphatic carbocycles. The van der Waals surface area contributed by atoms with Crippen molar-refractivity contribution < 1.29 is 18.0 Å². The van der Waals surface area contributed by atoms with E-state index in [0.717, 1.165) is 6.07 Å². The summed E-state index contributed by atoms with van der Waals surface area (Å²) in [5, 5.41) is 5.21. The van der Waals surface area contributed by atoms with Gasteiger partial charge in [0.1, 0.15) is 5.82 Å². The van der Waals surface area contributed by atoms with Crippen molar-refractivity contribution in [2.75, 3.05) is 10.6 Å². The molecule has 27 heavy (non-hydrogen) atoms. The zero-order valence-corrected chi connectivity index (χ0v) is 14.3. The van der Waals surface area contributed by atoms with E-state index in [1.54, 1.807) is 18.3 Å². The molecule has 2 aromatic heterocycles. The first kappa shape index (κ1) is 18.7.